The van der Waals surface area contributed by atoms with E-state index in [2.05, 4.69) is 15.3 Å². The number of amides is 1. The van der Waals surface area contributed by atoms with Crippen molar-refractivity contribution in [2.75, 3.05) is 25.0 Å². The summed E-state index contributed by atoms with van der Waals surface area (Å²) in [5.41, 5.74) is -0.207. The van der Waals surface area contributed by atoms with Crippen molar-refractivity contribution in [3.63, 3.8) is 0 Å². The van der Waals surface area contributed by atoms with Crippen LogP contribution in [-0.4, -0.2) is 52.1 Å². The van der Waals surface area contributed by atoms with Crippen molar-refractivity contribution < 1.29 is 13.9 Å². The molecular formula is C19H24N4O3. The first-order valence-electron chi connectivity index (χ1n) is 9.21. The van der Waals surface area contributed by atoms with E-state index < -0.39 is 0 Å². The normalized spacial score (nSPS) is 25.5. The van der Waals surface area contributed by atoms with Gasteiger partial charge in [-0.1, -0.05) is 0 Å². The highest BCUT2D eigenvalue weighted by molar-refractivity contribution is 5.78. The molecular weight excluding hydrogens is 332 g/mol. The minimum atomic E-state index is -0.207. The Kier molecular flexibility index (Phi) is 4.88. The van der Waals surface area contributed by atoms with Crippen molar-refractivity contribution in [3.8, 4) is 0 Å². The number of aromatic nitrogens is 2. The minimum absolute atomic E-state index is 0.110. The molecule has 4 heterocycles. The van der Waals surface area contributed by atoms with Crippen LogP contribution in [0.15, 0.2) is 41.3 Å². The molecule has 7 nitrogen and oxygen atoms in total. The summed E-state index contributed by atoms with van der Waals surface area (Å²) in [7, 11) is 0. The molecule has 2 aliphatic rings. The first kappa shape index (κ1) is 17.0. The molecule has 1 amide bonds. The molecule has 4 rings (SSSR count). The fourth-order valence-electron chi connectivity index (χ4n) is 3.89. The Morgan fingerprint density at radius 1 is 1.31 bits per heavy atom. The van der Waals surface area contributed by atoms with Gasteiger partial charge in [-0.05, 0) is 43.9 Å². The Labute approximate surface area is 152 Å². The number of rotatable bonds is 5. The molecule has 0 aromatic carbocycles. The third-order valence-corrected chi connectivity index (χ3v) is 5.20. The summed E-state index contributed by atoms with van der Waals surface area (Å²) in [5.74, 6) is 1.45. The van der Waals surface area contributed by atoms with Crippen LogP contribution >= 0.6 is 0 Å². The van der Waals surface area contributed by atoms with Gasteiger partial charge in [-0.25, -0.2) is 9.97 Å². The number of nitrogens with zero attached hydrogens (tertiary/aromatic N) is 3. The van der Waals surface area contributed by atoms with Crippen LogP contribution in [0.3, 0.4) is 0 Å². The number of furan rings is 1. The summed E-state index contributed by atoms with van der Waals surface area (Å²) in [6, 6.07) is 5.45. The van der Waals surface area contributed by atoms with E-state index in [0.717, 1.165) is 32.2 Å². The zero-order chi connectivity index (χ0) is 17.8. The number of carbonyl (C=O) groups excluding carboxylic acids is 1. The molecule has 2 fully saturated rings. The maximum absolute atomic E-state index is 12.5. The molecule has 0 aliphatic carbocycles. The van der Waals surface area contributed by atoms with E-state index in [4.69, 9.17) is 9.15 Å². The Bertz CT molecular complexity index is 722. The Morgan fingerprint density at radius 3 is 3.00 bits per heavy atom. The third kappa shape index (κ3) is 3.88. The highest BCUT2D eigenvalue weighted by atomic mass is 16.5. The smallest absolute Gasteiger partial charge is 0.230 e. The highest BCUT2D eigenvalue weighted by Crippen LogP contribution is 2.36. The molecule has 2 atom stereocenters. The van der Waals surface area contributed by atoms with E-state index >= 15 is 0 Å². The van der Waals surface area contributed by atoms with Crippen LogP contribution < -0.4 is 5.32 Å². The highest BCUT2D eigenvalue weighted by Gasteiger charge is 2.44. The molecule has 0 unspecified atom stereocenters. The van der Waals surface area contributed by atoms with Crippen LogP contribution in [0.1, 0.15) is 31.4 Å². The zero-order valence-corrected chi connectivity index (χ0v) is 14.8. The fourth-order valence-corrected chi connectivity index (χ4v) is 3.89. The first-order valence-corrected chi connectivity index (χ1v) is 9.21. The number of carbonyl (C=O) groups is 1. The first-order chi connectivity index (χ1) is 12.7. The summed E-state index contributed by atoms with van der Waals surface area (Å²) >= 11 is 0. The largest absolute Gasteiger partial charge is 0.469 e. The van der Waals surface area contributed by atoms with E-state index in [1.54, 1.807) is 24.7 Å². The van der Waals surface area contributed by atoms with Gasteiger partial charge in [0.1, 0.15) is 5.76 Å². The van der Waals surface area contributed by atoms with Crippen molar-refractivity contribution in [1.82, 2.24) is 14.9 Å². The lowest BCUT2D eigenvalue weighted by atomic mass is 9.90. The lowest BCUT2D eigenvalue weighted by Gasteiger charge is -2.38. The molecule has 2 aromatic heterocycles. The van der Waals surface area contributed by atoms with Gasteiger partial charge in [0.05, 0.1) is 24.4 Å². The number of hydrogen-bond acceptors (Lipinski definition) is 6. The quantitative estimate of drug-likeness (QED) is 0.885. The lowest BCUT2D eigenvalue weighted by Crippen LogP contribution is -2.46. The number of hydrogen-bond donors (Lipinski definition) is 1. The van der Waals surface area contributed by atoms with Gasteiger partial charge in [0.25, 0.3) is 0 Å². The minimum Gasteiger partial charge on any atom is -0.469 e. The summed E-state index contributed by atoms with van der Waals surface area (Å²) in [6.45, 7) is 2.11. The van der Waals surface area contributed by atoms with Gasteiger partial charge in [0, 0.05) is 32.0 Å². The van der Waals surface area contributed by atoms with Gasteiger partial charge in [0.2, 0.25) is 11.9 Å². The third-order valence-electron chi connectivity index (χ3n) is 5.20. The van der Waals surface area contributed by atoms with Crippen LogP contribution in [0.2, 0.25) is 0 Å². The van der Waals surface area contributed by atoms with Gasteiger partial charge in [0.15, 0.2) is 0 Å². The van der Waals surface area contributed by atoms with Crippen molar-refractivity contribution in [1.29, 1.82) is 0 Å². The second kappa shape index (κ2) is 7.45. The van der Waals surface area contributed by atoms with Gasteiger partial charge >= 0.3 is 0 Å². The predicted molar refractivity (Wildman–Crippen MR) is 95.6 cm³/mol. The summed E-state index contributed by atoms with van der Waals surface area (Å²) in [5, 5.41) is 3.24. The monoisotopic (exact) mass is 356 g/mol. The van der Waals surface area contributed by atoms with E-state index in [1.807, 2.05) is 17.0 Å². The van der Waals surface area contributed by atoms with Gasteiger partial charge in [-0.15, -0.1) is 0 Å². The lowest BCUT2D eigenvalue weighted by molar-refractivity contribution is -0.136. The average Bonchev–Trinajstić information content (AvgIpc) is 3.31. The molecule has 26 heavy (non-hydrogen) atoms. The van der Waals surface area contributed by atoms with Crippen molar-refractivity contribution >= 4 is 11.9 Å². The maximum Gasteiger partial charge on any atom is 0.230 e. The maximum atomic E-state index is 12.5. The molecule has 2 aliphatic heterocycles. The Balaban J connectivity index is 1.31. The molecule has 1 N–H and O–H groups in total. The van der Waals surface area contributed by atoms with E-state index in [-0.39, 0.29) is 17.6 Å². The number of ether oxygens (including phenoxy) is 1. The average molecular weight is 356 g/mol. The van der Waals surface area contributed by atoms with Crippen LogP contribution in [0.25, 0.3) is 0 Å². The summed E-state index contributed by atoms with van der Waals surface area (Å²) in [6.07, 6.45) is 9.52. The van der Waals surface area contributed by atoms with Gasteiger partial charge in [-0.2, -0.15) is 0 Å². The molecule has 138 valence electrons. The molecule has 0 saturated carbocycles. The van der Waals surface area contributed by atoms with Crippen LogP contribution in [-0.2, 0) is 16.0 Å². The van der Waals surface area contributed by atoms with Crippen LogP contribution in [0.4, 0.5) is 5.95 Å². The number of likely N-dealkylation sites (tertiary alicyclic amines) is 1. The van der Waals surface area contributed by atoms with Crippen molar-refractivity contribution in [2.45, 2.75) is 43.8 Å². The van der Waals surface area contributed by atoms with Crippen LogP contribution in [0, 0.1) is 0 Å². The van der Waals surface area contributed by atoms with Crippen molar-refractivity contribution in [2.24, 2.45) is 0 Å². The molecule has 7 heteroatoms. The molecule has 0 radical (unpaired) electrons. The Hall–Kier alpha value is -2.41. The van der Waals surface area contributed by atoms with Crippen LogP contribution in [0.5, 0.6) is 0 Å². The second-order valence-electron chi connectivity index (χ2n) is 7.09. The Morgan fingerprint density at radius 2 is 2.19 bits per heavy atom. The molecule has 2 aromatic rings. The fraction of sp³-hybridized carbons (Fsp3) is 0.526. The molecule has 2 saturated heterocycles. The molecule has 0 bridgehead atoms. The van der Waals surface area contributed by atoms with Crippen molar-refractivity contribution in [3.05, 3.63) is 42.6 Å². The predicted octanol–water partition coefficient (Wildman–Crippen LogP) is 2.26. The van der Waals surface area contributed by atoms with Gasteiger partial charge < -0.3 is 19.4 Å². The van der Waals surface area contributed by atoms with E-state index in [0.29, 0.717) is 31.2 Å². The van der Waals surface area contributed by atoms with E-state index in [9.17, 15) is 4.79 Å². The SMILES string of the molecule is O=C(Cc1ccco1)N1CC[C@]2(CCC[C@H](CNc3ncccn3)O2)C1. The zero-order valence-electron chi connectivity index (χ0n) is 14.8. The number of anilines is 1. The standard InChI is InChI=1S/C19H24N4O3/c24-17(12-15-5-2-11-25-15)23-10-7-19(14-23)6-1-4-16(26-19)13-22-18-20-8-3-9-21-18/h2-3,5,8-9,11,16H,1,4,6-7,10,12-14H2,(H,20,21,22)/t16-,19-/m1/s1. The summed E-state index contributed by atoms with van der Waals surface area (Å²) < 4.78 is 11.7. The van der Waals surface area contributed by atoms with E-state index in [1.165, 1.54) is 0 Å². The second-order valence-corrected chi connectivity index (χ2v) is 7.09. The molecule has 1 spiro atoms. The summed E-state index contributed by atoms with van der Waals surface area (Å²) in [4.78, 5) is 22.8. The number of nitrogens with one attached hydrogen (secondary N) is 1. The topological polar surface area (TPSA) is 80.5 Å². The van der Waals surface area contributed by atoms with Gasteiger partial charge in [-0.3, -0.25) is 4.79 Å².